The summed E-state index contributed by atoms with van der Waals surface area (Å²) in [6.45, 7) is 4.61. The molecule has 1 aromatic heterocycles. The van der Waals surface area contributed by atoms with Crippen molar-refractivity contribution in [2.75, 3.05) is 24.7 Å². The molecule has 84 valence electrons. The fraction of sp³-hybridized carbons (Fsp3) is 0.556. The second-order valence-corrected chi connectivity index (χ2v) is 4.53. The van der Waals surface area contributed by atoms with Gasteiger partial charge in [-0.05, 0) is 29.8 Å². The minimum atomic E-state index is -0.251. The summed E-state index contributed by atoms with van der Waals surface area (Å²) in [4.78, 5) is 7.92. The van der Waals surface area contributed by atoms with E-state index in [1.165, 1.54) is 6.33 Å². The number of anilines is 2. The number of aromatic nitrogens is 2. The second kappa shape index (κ2) is 4.76. The molecular formula is C9H15BrN4O. The van der Waals surface area contributed by atoms with Crippen LogP contribution in [0.1, 0.15) is 13.8 Å². The maximum atomic E-state index is 5.62. The van der Waals surface area contributed by atoms with Crippen molar-refractivity contribution in [1.82, 2.24) is 9.97 Å². The molecule has 3 N–H and O–H groups in total. The van der Waals surface area contributed by atoms with E-state index < -0.39 is 0 Å². The number of hydrogen-bond donors (Lipinski definition) is 2. The predicted octanol–water partition coefficient (Wildman–Crippen LogP) is 1.66. The van der Waals surface area contributed by atoms with Crippen molar-refractivity contribution in [3.05, 3.63) is 10.8 Å². The highest BCUT2D eigenvalue weighted by molar-refractivity contribution is 9.10. The SMILES string of the molecule is COC(C)(C)CNc1ncnc(N)c1Br. The van der Waals surface area contributed by atoms with Crippen molar-refractivity contribution in [2.24, 2.45) is 0 Å². The topological polar surface area (TPSA) is 73.1 Å². The molecule has 1 aromatic rings. The zero-order chi connectivity index (χ0) is 11.5. The van der Waals surface area contributed by atoms with Crippen molar-refractivity contribution < 1.29 is 4.74 Å². The minimum Gasteiger partial charge on any atom is -0.383 e. The Balaban J connectivity index is 2.70. The number of rotatable bonds is 4. The Hall–Kier alpha value is -0.880. The molecule has 1 heterocycles. The third-order valence-corrected chi connectivity index (χ3v) is 2.83. The lowest BCUT2D eigenvalue weighted by atomic mass is 10.1. The molecule has 0 amide bonds. The van der Waals surface area contributed by atoms with Crippen molar-refractivity contribution in [3.63, 3.8) is 0 Å². The molecule has 6 heteroatoms. The molecule has 0 aliphatic heterocycles. The highest BCUT2D eigenvalue weighted by Crippen LogP contribution is 2.24. The van der Waals surface area contributed by atoms with Crippen LogP contribution in [0.3, 0.4) is 0 Å². The van der Waals surface area contributed by atoms with Crippen LogP contribution in [0.4, 0.5) is 11.6 Å². The second-order valence-electron chi connectivity index (χ2n) is 3.74. The monoisotopic (exact) mass is 274 g/mol. The van der Waals surface area contributed by atoms with E-state index in [1.54, 1.807) is 7.11 Å². The molecule has 0 aromatic carbocycles. The summed E-state index contributed by atoms with van der Waals surface area (Å²) in [6.07, 6.45) is 1.42. The molecule has 0 saturated heterocycles. The van der Waals surface area contributed by atoms with E-state index in [4.69, 9.17) is 10.5 Å². The summed E-state index contributed by atoms with van der Waals surface area (Å²) in [5.41, 5.74) is 5.37. The van der Waals surface area contributed by atoms with Gasteiger partial charge >= 0.3 is 0 Å². The Labute approximate surface area is 97.6 Å². The highest BCUT2D eigenvalue weighted by Gasteiger charge is 2.17. The number of nitrogens with two attached hydrogens (primary N) is 1. The van der Waals surface area contributed by atoms with Gasteiger partial charge in [-0.25, -0.2) is 9.97 Å². The van der Waals surface area contributed by atoms with Crippen LogP contribution in [0.5, 0.6) is 0 Å². The van der Waals surface area contributed by atoms with Crippen LogP contribution in [-0.2, 0) is 4.74 Å². The molecule has 0 radical (unpaired) electrons. The van der Waals surface area contributed by atoms with Crippen LogP contribution in [-0.4, -0.2) is 29.2 Å². The van der Waals surface area contributed by atoms with Crippen molar-refractivity contribution >= 4 is 27.6 Å². The van der Waals surface area contributed by atoms with Crippen molar-refractivity contribution in [3.8, 4) is 0 Å². The first kappa shape index (κ1) is 12.2. The first-order valence-corrected chi connectivity index (χ1v) is 5.30. The van der Waals surface area contributed by atoms with E-state index >= 15 is 0 Å². The fourth-order valence-electron chi connectivity index (χ4n) is 0.875. The number of nitrogen functional groups attached to an aromatic ring is 1. The van der Waals surface area contributed by atoms with Crippen LogP contribution < -0.4 is 11.1 Å². The third kappa shape index (κ3) is 3.32. The normalized spacial score (nSPS) is 11.5. The molecule has 0 saturated carbocycles. The number of ether oxygens (including phenoxy) is 1. The van der Waals surface area contributed by atoms with Gasteiger partial charge in [0.25, 0.3) is 0 Å². The molecule has 0 aliphatic rings. The Kier molecular flexibility index (Phi) is 3.87. The van der Waals surface area contributed by atoms with Gasteiger partial charge in [-0.3, -0.25) is 0 Å². The lowest BCUT2D eigenvalue weighted by Crippen LogP contribution is -2.32. The number of hydrogen-bond acceptors (Lipinski definition) is 5. The van der Waals surface area contributed by atoms with Crippen LogP contribution in [0.25, 0.3) is 0 Å². The Morgan fingerprint density at radius 1 is 1.53 bits per heavy atom. The summed E-state index contributed by atoms with van der Waals surface area (Å²) in [6, 6.07) is 0. The van der Waals surface area contributed by atoms with Crippen LogP contribution in [0, 0.1) is 0 Å². The average Bonchev–Trinajstić information content (AvgIpc) is 2.20. The van der Waals surface area contributed by atoms with Gasteiger partial charge in [-0.15, -0.1) is 0 Å². The number of nitrogens with one attached hydrogen (secondary N) is 1. The molecule has 1 rings (SSSR count). The quantitative estimate of drug-likeness (QED) is 0.874. The zero-order valence-corrected chi connectivity index (χ0v) is 10.6. The van der Waals surface area contributed by atoms with Crippen molar-refractivity contribution in [2.45, 2.75) is 19.4 Å². The summed E-state index contributed by atoms with van der Waals surface area (Å²) in [7, 11) is 1.67. The average molecular weight is 275 g/mol. The van der Waals surface area contributed by atoms with E-state index in [0.717, 1.165) is 0 Å². The molecule has 0 unspecified atom stereocenters. The van der Waals surface area contributed by atoms with Gasteiger partial charge in [-0.2, -0.15) is 0 Å². The van der Waals surface area contributed by atoms with Crippen LogP contribution in [0.2, 0.25) is 0 Å². The van der Waals surface area contributed by atoms with Crippen LogP contribution >= 0.6 is 15.9 Å². The lowest BCUT2D eigenvalue weighted by Gasteiger charge is -2.23. The standard InChI is InChI=1S/C9H15BrN4O/c1-9(2,15-3)4-12-8-6(10)7(11)13-5-14-8/h5H,4H2,1-3H3,(H3,11,12,13,14). The molecule has 0 fully saturated rings. The lowest BCUT2D eigenvalue weighted by molar-refractivity contribution is 0.0343. The maximum Gasteiger partial charge on any atom is 0.146 e. The van der Waals surface area contributed by atoms with Gasteiger partial charge in [-0.1, -0.05) is 0 Å². The Morgan fingerprint density at radius 3 is 2.80 bits per heavy atom. The number of nitrogens with zero attached hydrogens (tertiary/aromatic N) is 2. The minimum absolute atomic E-state index is 0.251. The summed E-state index contributed by atoms with van der Waals surface area (Å²) in [5, 5.41) is 3.14. The summed E-state index contributed by atoms with van der Waals surface area (Å²) >= 11 is 3.32. The molecule has 0 aliphatic carbocycles. The molecular weight excluding hydrogens is 260 g/mol. The summed E-state index contributed by atoms with van der Waals surface area (Å²) in [5.74, 6) is 1.09. The zero-order valence-electron chi connectivity index (χ0n) is 9.04. The van der Waals surface area contributed by atoms with Gasteiger partial charge in [0, 0.05) is 13.7 Å². The van der Waals surface area contributed by atoms with E-state index in [9.17, 15) is 0 Å². The maximum absolute atomic E-state index is 5.62. The summed E-state index contributed by atoms with van der Waals surface area (Å²) < 4.78 is 5.95. The first-order valence-electron chi connectivity index (χ1n) is 4.51. The molecule has 0 atom stereocenters. The molecule has 0 spiro atoms. The van der Waals surface area contributed by atoms with Crippen molar-refractivity contribution in [1.29, 1.82) is 0 Å². The largest absolute Gasteiger partial charge is 0.383 e. The molecule has 15 heavy (non-hydrogen) atoms. The Morgan fingerprint density at radius 2 is 2.20 bits per heavy atom. The van der Waals surface area contributed by atoms with E-state index in [1.807, 2.05) is 13.8 Å². The van der Waals surface area contributed by atoms with E-state index in [2.05, 4.69) is 31.2 Å². The van der Waals surface area contributed by atoms with Crippen LogP contribution in [0.15, 0.2) is 10.8 Å². The number of halogens is 1. The van der Waals surface area contributed by atoms with E-state index in [0.29, 0.717) is 22.7 Å². The van der Waals surface area contributed by atoms with Gasteiger partial charge in [0.15, 0.2) is 0 Å². The Bertz CT molecular complexity index is 343. The van der Waals surface area contributed by atoms with Gasteiger partial charge in [0.2, 0.25) is 0 Å². The predicted molar refractivity (Wildman–Crippen MR) is 63.7 cm³/mol. The highest BCUT2D eigenvalue weighted by atomic mass is 79.9. The smallest absolute Gasteiger partial charge is 0.146 e. The first-order chi connectivity index (χ1) is 6.96. The van der Waals surface area contributed by atoms with Gasteiger partial charge in [0.1, 0.15) is 22.4 Å². The molecule has 5 nitrogen and oxygen atoms in total. The van der Waals surface area contributed by atoms with Gasteiger partial charge in [0.05, 0.1) is 5.60 Å². The van der Waals surface area contributed by atoms with Gasteiger partial charge < -0.3 is 15.8 Å². The van der Waals surface area contributed by atoms with E-state index in [-0.39, 0.29) is 5.60 Å². The fourth-order valence-corrected chi connectivity index (χ4v) is 1.22. The third-order valence-electron chi connectivity index (χ3n) is 2.05. The number of methoxy groups -OCH3 is 1. The molecule has 0 bridgehead atoms.